The zero-order valence-corrected chi connectivity index (χ0v) is 16.7. The molecular formula is C19H22ClNO4S. The topological polar surface area (TPSA) is 72.5 Å². The fourth-order valence-electron chi connectivity index (χ4n) is 2.49. The Bertz CT molecular complexity index is 923. The van der Waals surface area contributed by atoms with E-state index in [0.717, 1.165) is 17.4 Å². The van der Waals surface area contributed by atoms with Crippen LogP contribution in [0.25, 0.3) is 0 Å². The molecule has 0 saturated carbocycles. The van der Waals surface area contributed by atoms with Gasteiger partial charge in [0.25, 0.3) is 5.91 Å². The van der Waals surface area contributed by atoms with Gasteiger partial charge in [-0.15, -0.1) is 0 Å². The van der Waals surface area contributed by atoms with Crippen molar-refractivity contribution in [1.29, 1.82) is 0 Å². The Hall–Kier alpha value is -2.05. The molecule has 7 heteroatoms. The highest BCUT2D eigenvalue weighted by atomic mass is 35.5. The molecule has 26 heavy (non-hydrogen) atoms. The van der Waals surface area contributed by atoms with Gasteiger partial charge in [-0.25, -0.2) is 8.42 Å². The summed E-state index contributed by atoms with van der Waals surface area (Å²) in [7, 11) is -3.44. The maximum absolute atomic E-state index is 12.2. The van der Waals surface area contributed by atoms with Crippen LogP contribution in [-0.2, 0) is 14.6 Å². The van der Waals surface area contributed by atoms with Crippen molar-refractivity contribution in [2.24, 2.45) is 0 Å². The predicted molar refractivity (Wildman–Crippen MR) is 104 cm³/mol. The first-order valence-electron chi connectivity index (χ1n) is 8.11. The van der Waals surface area contributed by atoms with Crippen molar-refractivity contribution in [3.8, 4) is 5.75 Å². The molecule has 0 aliphatic carbocycles. The van der Waals surface area contributed by atoms with Crippen molar-refractivity contribution < 1.29 is 17.9 Å². The summed E-state index contributed by atoms with van der Waals surface area (Å²) in [6.07, 6.45) is 1.10. The zero-order valence-electron chi connectivity index (χ0n) is 15.2. The van der Waals surface area contributed by atoms with Crippen molar-refractivity contribution in [1.82, 2.24) is 0 Å². The van der Waals surface area contributed by atoms with Crippen LogP contribution < -0.4 is 10.1 Å². The molecule has 0 aromatic heterocycles. The fourth-order valence-corrected chi connectivity index (χ4v) is 3.77. The van der Waals surface area contributed by atoms with E-state index in [0.29, 0.717) is 10.8 Å². The Morgan fingerprint density at radius 2 is 1.88 bits per heavy atom. The normalized spacial score (nSPS) is 11.5. The summed E-state index contributed by atoms with van der Waals surface area (Å²) >= 11 is 6.23. The second kappa shape index (κ2) is 8.10. The SMILES string of the molecule is Cc1cc(Cl)c(C(C)C)cc1OCC(=O)Nc1ccccc1S(C)(=O)=O. The summed E-state index contributed by atoms with van der Waals surface area (Å²) in [4.78, 5) is 12.3. The first-order chi connectivity index (χ1) is 12.1. The quantitative estimate of drug-likeness (QED) is 0.795. The average Bonchev–Trinajstić information content (AvgIpc) is 2.53. The van der Waals surface area contributed by atoms with Crippen LogP contribution in [-0.4, -0.2) is 27.2 Å². The van der Waals surface area contributed by atoms with Crippen molar-refractivity contribution >= 4 is 33.0 Å². The van der Waals surface area contributed by atoms with Crippen molar-refractivity contribution in [3.63, 3.8) is 0 Å². The predicted octanol–water partition coefficient (Wildman–Crippen LogP) is 4.19. The molecule has 0 heterocycles. The third-order valence-corrected chi connectivity index (χ3v) is 5.32. The van der Waals surface area contributed by atoms with Gasteiger partial charge in [-0.1, -0.05) is 37.6 Å². The number of anilines is 1. The minimum absolute atomic E-state index is 0.0677. The van der Waals surface area contributed by atoms with Crippen LogP contribution in [0.3, 0.4) is 0 Å². The third-order valence-electron chi connectivity index (χ3n) is 3.84. The van der Waals surface area contributed by atoms with Crippen LogP contribution in [0.15, 0.2) is 41.3 Å². The average molecular weight is 396 g/mol. The molecule has 0 atom stereocenters. The van der Waals surface area contributed by atoms with Crippen molar-refractivity contribution in [2.45, 2.75) is 31.6 Å². The number of halogens is 1. The standard InChI is InChI=1S/C19H22ClNO4S/c1-12(2)14-10-17(13(3)9-15(14)20)25-11-19(22)21-16-7-5-6-8-18(16)26(4,23)24/h5-10,12H,11H2,1-4H3,(H,21,22). The van der Waals surface area contributed by atoms with Crippen LogP contribution in [0, 0.1) is 6.92 Å². The van der Waals surface area contributed by atoms with E-state index in [2.05, 4.69) is 5.32 Å². The lowest BCUT2D eigenvalue weighted by atomic mass is 10.0. The summed E-state index contributed by atoms with van der Waals surface area (Å²) in [5.74, 6) is 0.354. The Balaban J connectivity index is 2.13. The van der Waals surface area contributed by atoms with Crippen LogP contribution >= 0.6 is 11.6 Å². The molecule has 0 aliphatic heterocycles. The van der Waals surface area contributed by atoms with Crippen molar-refractivity contribution in [2.75, 3.05) is 18.2 Å². The molecule has 1 amide bonds. The van der Waals surface area contributed by atoms with E-state index in [1.807, 2.05) is 32.9 Å². The summed E-state index contributed by atoms with van der Waals surface area (Å²) in [5, 5.41) is 3.25. The fraction of sp³-hybridized carbons (Fsp3) is 0.316. The number of rotatable bonds is 6. The van der Waals surface area contributed by atoms with E-state index in [4.69, 9.17) is 16.3 Å². The van der Waals surface area contributed by atoms with E-state index in [9.17, 15) is 13.2 Å². The zero-order chi connectivity index (χ0) is 19.5. The van der Waals surface area contributed by atoms with Gasteiger partial charge in [0, 0.05) is 11.3 Å². The molecule has 0 fully saturated rings. The van der Waals surface area contributed by atoms with Crippen LogP contribution in [0.5, 0.6) is 5.75 Å². The molecule has 2 rings (SSSR count). The van der Waals surface area contributed by atoms with Gasteiger partial charge in [-0.2, -0.15) is 0 Å². The van der Waals surface area contributed by atoms with E-state index in [1.54, 1.807) is 18.2 Å². The lowest BCUT2D eigenvalue weighted by Crippen LogP contribution is -2.21. The van der Waals surface area contributed by atoms with Gasteiger partial charge in [-0.05, 0) is 48.2 Å². The van der Waals surface area contributed by atoms with E-state index < -0.39 is 15.7 Å². The highest BCUT2D eigenvalue weighted by molar-refractivity contribution is 7.90. The maximum atomic E-state index is 12.2. The van der Waals surface area contributed by atoms with Crippen LogP contribution in [0.4, 0.5) is 5.69 Å². The molecule has 2 aromatic carbocycles. The molecule has 0 unspecified atom stereocenters. The molecule has 140 valence electrons. The largest absolute Gasteiger partial charge is 0.483 e. The first kappa shape index (κ1) is 20.3. The smallest absolute Gasteiger partial charge is 0.262 e. The summed E-state index contributed by atoms with van der Waals surface area (Å²) in [5.41, 5.74) is 2.00. The third kappa shape index (κ3) is 4.99. The number of hydrogen-bond donors (Lipinski definition) is 1. The molecule has 0 bridgehead atoms. The van der Waals surface area contributed by atoms with E-state index in [-0.39, 0.29) is 23.1 Å². The number of carbonyl (C=O) groups excluding carboxylic acids is 1. The van der Waals surface area contributed by atoms with Gasteiger partial charge in [0.05, 0.1) is 10.6 Å². The van der Waals surface area contributed by atoms with Gasteiger partial charge < -0.3 is 10.1 Å². The summed E-state index contributed by atoms with van der Waals surface area (Å²) in [6.45, 7) is 5.66. The number of ether oxygens (including phenoxy) is 1. The van der Waals surface area contributed by atoms with Crippen molar-refractivity contribution in [3.05, 3.63) is 52.5 Å². The number of nitrogens with one attached hydrogen (secondary N) is 1. The highest BCUT2D eigenvalue weighted by Gasteiger charge is 2.16. The Kier molecular flexibility index (Phi) is 6.31. The second-order valence-corrected chi connectivity index (χ2v) is 8.79. The summed E-state index contributed by atoms with van der Waals surface area (Å²) < 4.78 is 29.2. The lowest BCUT2D eigenvalue weighted by Gasteiger charge is -2.15. The number of carbonyl (C=O) groups is 1. The van der Waals surface area contributed by atoms with Gasteiger partial charge in [0.15, 0.2) is 16.4 Å². The number of sulfone groups is 1. The maximum Gasteiger partial charge on any atom is 0.262 e. The number of hydrogen-bond acceptors (Lipinski definition) is 4. The van der Waals surface area contributed by atoms with E-state index >= 15 is 0 Å². The lowest BCUT2D eigenvalue weighted by molar-refractivity contribution is -0.118. The Morgan fingerprint density at radius 1 is 1.23 bits per heavy atom. The Labute approximate surface area is 159 Å². The second-order valence-electron chi connectivity index (χ2n) is 6.40. The van der Waals surface area contributed by atoms with Gasteiger partial charge in [-0.3, -0.25) is 4.79 Å². The molecule has 0 aliphatic rings. The summed E-state index contributed by atoms with van der Waals surface area (Å²) in [6, 6.07) is 9.89. The number of aryl methyl sites for hydroxylation is 1. The Morgan fingerprint density at radius 3 is 2.50 bits per heavy atom. The molecule has 0 spiro atoms. The molecular weight excluding hydrogens is 374 g/mol. The van der Waals surface area contributed by atoms with Gasteiger partial charge >= 0.3 is 0 Å². The van der Waals surface area contributed by atoms with Gasteiger partial charge in [0.1, 0.15) is 5.75 Å². The molecule has 1 N–H and O–H groups in total. The molecule has 2 aromatic rings. The number of benzene rings is 2. The molecule has 5 nitrogen and oxygen atoms in total. The van der Waals surface area contributed by atoms with E-state index in [1.165, 1.54) is 6.07 Å². The molecule has 0 radical (unpaired) electrons. The monoisotopic (exact) mass is 395 g/mol. The van der Waals surface area contributed by atoms with Crippen LogP contribution in [0.1, 0.15) is 30.9 Å². The minimum Gasteiger partial charge on any atom is -0.483 e. The number of para-hydroxylation sites is 1. The number of amides is 1. The minimum atomic E-state index is -3.44. The first-order valence-corrected chi connectivity index (χ1v) is 10.4. The van der Waals surface area contributed by atoms with Crippen LogP contribution in [0.2, 0.25) is 5.02 Å². The molecule has 0 saturated heterocycles. The van der Waals surface area contributed by atoms with Gasteiger partial charge in [0.2, 0.25) is 0 Å². The highest BCUT2D eigenvalue weighted by Crippen LogP contribution is 2.31.